The SMILES string of the molecule is O=C(O)CCSSCCNC(=O)c1ccn(-c2cccc(F)c2)n1. The predicted octanol–water partition coefficient (Wildman–Crippen LogP) is 2.60. The molecule has 0 spiro atoms. The van der Waals surface area contributed by atoms with Crippen LogP contribution in [0.15, 0.2) is 36.5 Å². The van der Waals surface area contributed by atoms with Crippen molar-refractivity contribution in [3.05, 3.63) is 48.0 Å². The van der Waals surface area contributed by atoms with E-state index in [1.54, 1.807) is 24.4 Å². The topological polar surface area (TPSA) is 84.2 Å². The first-order valence-electron chi connectivity index (χ1n) is 7.12. The summed E-state index contributed by atoms with van der Waals surface area (Å²) in [6.45, 7) is 0.455. The minimum Gasteiger partial charge on any atom is -0.481 e. The number of carbonyl (C=O) groups excluding carboxylic acids is 1. The van der Waals surface area contributed by atoms with E-state index >= 15 is 0 Å². The standard InChI is InChI=1S/C15H16FN3O3S2/c16-11-2-1-3-12(10-11)19-7-4-13(18-19)15(22)17-6-9-24-23-8-5-14(20)21/h1-4,7,10H,5-6,8-9H2,(H,17,22)(H,20,21). The van der Waals surface area contributed by atoms with Gasteiger partial charge in [-0.25, -0.2) is 9.07 Å². The van der Waals surface area contributed by atoms with Gasteiger partial charge in [0, 0.05) is 24.2 Å². The number of nitrogens with one attached hydrogen (secondary N) is 1. The van der Waals surface area contributed by atoms with Crippen molar-refractivity contribution < 1.29 is 19.1 Å². The van der Waals surface area contributed by atoms with Gasteiger partial charge in [0.25, 0.3) is 5.91 Å². The lowest BCUT2D eigenvalue weighted by Crippen LogP contribution is -2.26. The number of carboxylic acid groups (broad SMARTS) is 1. The first kappa shape index (κ1) is 18.3. The summed E-state index contributed by atoms with van der Waals surface area (Å²) in [5.41, 5.74) is 0.794. The van der Waals surface area contributed by atoms with Crippen LogP contribution in [0.25, 0.3) is 5.69 Å². The van der Waals surface area contributed by atoms with Crippen LogP contribution in [0.3, 0.4) is 0 Å². The Morgan fingerprint density at radius 3 is 2.79 bits per heavy atom. The lowest BCUT2D eigenvalue weighted by molar-refractivity contribution is -0.136. The first-order valence-corrected chi connectivity index (χ1v) is 9.61. The largest absolute Gasteiger partial charge is 0.481 e. The normalized spacial score (nSPS) is 10.5. The van der Waals surface area contributed by atoms with Crippen molar-refractivity contribution >= 4 is 33.5 Å². The molecule has 0 saturated heterocycles. The van der Waals surface area contributed by atoms with Crippen molar-refractivity contribution in [2.45, 2.75) is 6.42 Å². The fourth-order valence-corrected chi connectivity index (χ4v) is 3.64. The summed E-state index contributed by atoms with van der Waals surface area (Å²) in [4.78, 5) is 22.3. The molecule has 1 heterocycles. The monoisotopic (exact) mass is 369 g/mol. The molecule has 1 aromatic carbocycles. The molecule has 0 bridgehead atoms. The van der Waals surface area contributed by atoms with Gasteiger partial charge in [0.2, 0.25) is 0 Å². The van der Waals surface area contributed by atoms with Gasteiger partial charge in [-0.2, -0.15) is 5.10 Å². The highest BCUT2D eigenvalue weighted by Gasteiger charge is 2.10. The highest BCUT2D eigenvalue weighted by atomic mass is 33.1. The van der Waals surface area contributed by atoms with Crippen molar-refractivity contribution in [2.24, 2.45) is 0 Å². The van der Waals surface area contributed by atoms with Gasteiger partial charge in [-0.05, 0) is 24.3 Å². The third-order valence-electron chi connectivity index (χ3n) is 2.85. The van der Waals surface area contributed by atoms with Crippen LogP contribution in [-0.2, 0) is 4.79 Å². The molecule has 2 rings (SSSR count). The number of rotatable bonds is 9. The number of halogens is 1. The number of nitrogens with zero attached hydrogens (tertiary/aromatic N) is 2. The molecule has 0 radical (unpaired) electrons. The molecule has 2 aromatic rings. The fraction of sp³-hybridized carbons (Fsp3) is 0.267. The second kappa shape index (κ2) is 9.33. The molecule has 0 aliphatic heterocycles. The van der Waals surface area contributed by atoms with Crippen molar-refractivity contribution in [3.8, 4) is 5.69 Å². The predicted molar refractivity (Wildman–Crippen MR) is 93.0 cm³/mol. The molecule has 0 unspecified atom stereocenters. The number of benzene rings is 1. The highest BCUT2D eigenvalue weighted by molar-refractivity contribution is 8.76. The van der Waals surface area contributed by atoms with Gasteiger partial charge in [0.05, 0.1) is 12.1 Å². The van der Waals surface area contributed by atoms with E-state index in [1.807, 2.05) is 0 Å². The molecule has 9 heteroatoms. The summed E-state index contributed by atoms with van der Waals surface area (Å²) in [5, 5.41) is 15.4. The van der Waals surface area contributed by atoms with Crippen molar-refractivity contribution in [3.63, 3.8) is 0 Å². The van der Waals surface area contributed by atoms with E-state index in [9.17, 15) is 14.0 Å². The second-order valence-corrected chi connectivity index (χ2v) is 7.37. The maximum atomic E-state index is 13.2. The summed E-state index contributed by atoms with van der Waals surface area (Å²) in [7, 11) is 2.97. The smallest absolute Gasteiger partial charge is 0.304 e. The maximum absolute atomic E-state index is 13.2. The number of hydrogen-bond donors (Lipinski definition) is 2. The summed E-state index contributed by atoms with van der Waals surface area (Å²) in [5.74, 6) is -0.287. The average Bonchev–Trinajstić information content (AvgIpc) is 3.03. The van der Waals surface area contributed by atoms with E-state index in [0.29, 0.717) is 23.7 Å². The Morgan fingerprint density at radius 2 is 2.04 bits per heavy atom. The first-order chi connectivity index (χ1) is 11.6. The number of amides is 1. The number of aliphatic carboxylic acids is 1. The van der Waals surface area contributed by atoms with Crippen LogP contribution >= 0.6 is 21.6 Å². The second-order valence-electron chi connectivity index (χ2n) is 4.67. The molecule has 0 atom stereocenters. The molecule has 0 saturated carbocycles. The minimum atomic E-state index is -0.815. The van der Waals surface area contributed by atoms with Gasteiger partial charge in [-0.1, -0.05) is 27.7 Å². The number of carboxylic acids is 1. The summed E-state index contributed by atoms with van der Waals surface area (Å²) in [6.07, 6.45) is 1.72. The van der Waals surface area contributed by atoms with Crippen LogP contribution in [0.1, 0.15) is 16.9 Å². The Balaban J connectivity index is 1.74. The summed E-state index contributed by atoms with van der Waals surface area (Å²) < 4.78 is 14.6. The van der Waals surface area contributed by atoms with Crippen LogP contribution in [0.4, 0.5) is 4.39 Å². The Morgan fingerprint density at radius 1 is 1.25 bits per heavy atom. The van der Waals surface area contributed by atoms with Crippen LogP contribution in [0, 0.1) is 5.82 Å². The Bertz CT molecular complexity index is 709. The van der Waals surface area contributed by atoms with Gasteiger partial charge < -0.3 is 10.4 Å². The highest BCUT2D eigenvalue weighted by Crippen LogP contribution is 2.20. The van der Waals surface area contributed by atoms with Gasteiger partial charge in [0.1, 0.15) is 5.82 Å². The quantitative estimate of drug-likeness (QED) is 0.522. The van der Waals surface area contributed by atoms with E-state index in [1.165, 1.54) is 38.4 Å². The van der Waals surface area contributed by atoms with E-state index in [2.05, 4.69) is 10.4 Å². The Labute approximate surface area is 146 Å². The molecule has 1 amide bonds. The molecular formula is C15H16FN3O3S2. The van der Waals surface area contributed by atoms with E-state index in [4.69, 9.17) is 5.11 Å². The lowest BCUT2D eigenvalue weighted by atomic mass is 10.3. The van der Waals surface area contributed by atoms with Crippen molar-refractivity contribution in [1.82, 2.24) is 15.1 Å². The molecule has 1 aromatic heterocycles. The van der Waals surface area contributed by atoms with Crippen LogP contribution in [0.2, 0.25) is 0 Å². The van der Waals surface area contributed by atoms with Gasteiger partial charge >= 0.3 is 5.97 Å². The van der Waals surface area contributed by atoms with Crippen LogP contribution in [0.5, 0.6) is 0 Å². The average molecular weight is 369 g/mol. The number of carbonyl (C=O) groups is 2. The Hall–Kier alpha value is -2.00. The number of aromatic nitrogens is 2. The zero-order chi connectivity index (χ0) is 17.4. The van der Waals surface area contributed by atoms with Gasteiger partial charge in [-0.3, -0.25) is 9.59 Å². The van der Waals surface area contributed by atoms with Gasteiger partial charge in [-0.15, -0.1) is 0 Å². The fourth-order valence-electron chi connectivity index (χ4n) is 1.75. The van der Waals surface area contributed by atoms with Crippen molar-refractivity contribution in [2.75, 3.05) is 18.1 Å². The Kier molecular flexibility index (Phi) is 7.13. The molecule has 0 aliphatic carbocycles. The summed E-state index contributed by atoms with van der Waals surface area (Å²) in [6, 6.07) is 7.51. The summed E-state index contributed by atoms with van der Waals surface area (Å²) >= 11 is 0. The van der Waals surface area contributed by atoms with Crippen LogP contribution in [-0.4, -0.2) is 44.8 Å². The lowest BCUT2D eigenvalue weighted by Gasteiger charge is -2.03. The zero-order valence-electron chi connectivity index (χ0n) is 12.6. The molecule has 24 heavy (non-hydrogen) atoms. The van der Waals surface area contributed by atoms with E-state index < -0.39 is 5.97 Å². The zero-order valence-corrected chi connectivity index (χ0v) is 14.3. The third kappa shape index (κ3) is 5.89. The molecule has 6 nitrogen and oxygen atoms in total. The third-order valence-corrected chi connectivity index (χ3v) is 5.26. The van der Waals surface area contributed by atoms with E-state index in [-0.39, 0.29) is 23.8 Å². The van der Waals surface area contributed by atoms with Gasteiger partial charge in [0.15, 0.2) is 5.69 Å². The molecule has 0 aliphatic rings. The molecule has 128 valence electrons. The van der Waals surface area contributed by atoms with E-state index in [0.717, 1.165) is 0 Å². The number of hydrogen-bond acceptors (Lipinski definition) is 5. The van der Waals surface area contributed by atoms with Crippen LogP contribution < -0.4 is 5.32 Å². The molecular weight excluding hydrogens is 353 g/mol. The molecule has 0 fully saturated rings. The maximum Gasteiger partial charge on any atom is 0.304 e. The minimum absolute atomic E-state index is 0.127. The molecule has 2 N–H and O–H groups in total. The van der Waals surface area contributed by atoms with Crippen molar-refractivity contribution in [1.29, 1.82) is 0 Å².